The fourth-order valence-electron chi connectivity index (χ4n) is 4.15. The molecule has 2 aromatic heterocycles. The van der Waals surface area contributed by atoms with Gasteiger partial charge in [-0.1, -0.05) is 6.08 Å². The Morgan fingerprint density at radius 1 is 1.34 bits per heavy atom. The predicted octanol–water partition coefficient (Wildman–Crippen LogP) is 2.04. The van der Waals surface area contributed by atoms with Crippen LogP contribution in [0.25, 0.3) is 11.1 Å². The number of nitrogens with zero attached hydrogens (tertiary/aromatic N) is 3. The largest absolute Gasteiger partial charge is 0.481 e. The van der Waals surface area contributed by atoms with Crippen molar-refractivity contribution in [3.63, 3.8) is 0 Å². The second-order valence-electron chi connectivity index (χ2n) is 8.47. The number of hydrogen-bond donors (Lipinski definition) is 2. The Morgan fingerprint density at radius 2 is 2.19 bits per heavy atom. The SMILES string of the molecule is CNC/C=C/C(=O)N1CC[C@H](N(CC2CC2)c2cc(-c3ccnc(OC)c3)c[nH]c2=O)C1. The molecule has 2 aromatic rings. The average molecular weight is 438 g/mol. The number of methoxy groups -OCH3 is 1. The van der Waals surface area contributed by atoms with Crippen LogP contribution in [0.5, 0.6) is 5.88 Å². The molecule has 1 atom stereocenters. The summed E-state index contributed by atoms with van der Waals surface area (Å²) in [4.78, 5) is 36.6. The fraction of sp³-hybridized carbons (Fsp3) is 0.458. The lowest BCUT2D eigenvalue weighted by atomic mass is 10.1. The predicted molar refractivity (Wildman–Crippen MR) is 125 cm³/mol. The maximum Gasteiger partial charge on any atom is 0.271 e. The van der Waals surface area contributed by atoms with E-state index in [9.17, 15) is 9.59 Å². The Balaban J connectivity index is 1.58. The van der Waals surface area contributed by atoms with Crippen molar-refractivity contribution in [2.24, 2.45) is 5.92 Å². The molecular weight excluding hydrogens is 406 g/mol. The smallest absolute Gasteiger partial charge is 0.271 e. The van der Waals surface area contributed by atoms with E-state index in [1.165, 1.54) is 12.8 Å². The Hall–Kier alpha value is -3.13. The van der Waals surface area contributed by atoms with Gasteiger partial charge in [-0.15, -0.1) is 0 Å². The van der Waals surface area contributed by atoms with E-state index in [0.717, 1.165) is 24.1 Å². The molecule has 1 amide bonds. The molecule has 1 aliphatic carbocycles. The molecule has 2 aliphatic rings. The first-order valence-electron chi connectivity index (χ1n) is 11.2. The Kier molecular flexibility index (Phi) is 6.90. The quantitative estimate of drug-likeness (QED) is 0.584. The van der Waals surface area contributed by atoms with Crippen LogP contribution in [-0.2, 0) is 4.79 Å². The normalized spacial score (nSPS) is 18.3. The van der Waals surface area contributed by atoms with Crippen LogP contribution in [0, 0.1) is 5.92 Å². The third kappa shape index (κ3) is 5.19. The van der Waals surface area contributed by atoms with Crippen molar-refractivity contribution in [3.05, 3.63) is 53.1 Å². The lowest BCUT2D eigenvalue weighted by Gasteiger charge is -2.31. The van der Waals surface area contributed by atoms with Gasteiger partial charge in [-0.05, 0) is 49.9 Å². The summed E-state index contributed by atoms with van der Waals surface area (Å²) < 4.78 is 5.25. The number of ether oxygens (including phenoxy) is 1. The van der Waals surface area contributed by atoms with Gasteiger partial charge in [0.15, 0.2) is 0 Å². The molecule has 3 heterocycles. The van der Waals surface area contributed by atoms with Gasteiger partial charge >= 0.3 is 0 Å². The summed E-state index contributed by atoms with van der Waals surface area (Å²) in [6, 6.07) is 5.84. The highest BCUT2D eigenvalue weighted by Crippen LogP contribution is 2.34. The lowest BCUT2D eigenvalue weighted by Crippen LogP contribution is -2.42. The minimum Gasteiger partial charge on any atom is -0.481 e. The fourth-order valence-corrected chi connectivity index (χ4v) is 4.15. The molecule has 4 rings (SSSR count). The van der Waals surface area contributed by atoms with E-state index in [0.29, 0.717) is 37.1 Å². The highest BCUT2D eigenvalue weighted by molar-refractivity contribution is 5.88. The molecule has 0 bridgehead atoms. The van der Waals surface area contributed by atoms with Crippen LogP contribution in [-0.4, -0.2) is 67.2 Å². The summed E-state index contributed by atoms with van der Waals surface area (Å²) in [5.74, 6) is 1.17. The molecule has 1 saturated carbocycles. The van der Waals surface area contributed by atoms with E-state index < -0.39 is 0 Å². The van der Waals surface area contributed by atoms with E-state index in [1.807, 2.05) is 36.2 Å². The molecule has 1 saturated heterocycles. The van der Waals surface area contributed by atoms with Crippen LogP contribution in [0.2, 0.25) is 0 Å². The number of carbonyl (C=O) groups is 1. The van der Waals surface area contributed by atoms with E-state index in [1.54, 1.807) is 25.6 Å². The summed E-state index contributed by atoms with van der Waals surface area (Å²) in [6.07, 6.45) is 10.1. The summed E-state index contributed by atoms with van der Waals surface area (Å²) in [5, 5.41) is 3.01. The van der Waals surface area contributed by atoms with Crippen molar-refractivity contribution < 1.29 is 9.53 Å². The minimum absolute atomic E-state index is 0.0284. The second kappa shape index (κ2) is 9.99. The summed E-state index contributed by atoms with van der Waals surface area (Å²) >= 11 is 0. The molecular formula is C24H31N5O3. The number of pyridine rings is 2. The number of likely N-dealkylation sites (N-methyl/N-ethyl adjacent to an activating group) is 1. The van der Waals surface area contributed by atoms with Crippen LogP contribution < -0.4 is 20.5 Å². The Bertz CT molecular complexity index is 1030. The molecule has 8 nitrogen and oxygen atoms in total. The molecule has 170 valence electrons. The van der Waals surface area contributed by atoms with Gasteiger partial charge in [0, 0.05) is 62.3 Å². The lowest BCUT2D eigenvalue weighted by molar-refractivity contribution is -0.125. The van der Waals surface area contributed by atoms with E-state index in [-0.39, 0.29) is 17.5 Å². The van der Waals surface area contributed by atoms with Crippen LogP contribution >= 0.6 is 0 Å². The average Bonchev–Trinajstić information content (AvgIpc) is 3.51. The topological polar surface area (TPSA) is 90.6 Å². The number of nitrogens with one attached hydrogen (secondary N) is 2. The number of aromatic nitrogens is 2. The van der Waals surface area contributed by atoms with Gasteiger partial charge in [0.25, 0.3) is 5.56 Å². The van der Waals surface area contributed by atoms with Crippen LogP contribution in [0.4, 0.5) is 5.69 Å². The molecule has 8 heteroatoms. The van der Waals surface area contributed by atoms with Gasteiger partial charge in [0.05, 0.1) is 7.11 Å². The maximum absolute atomic E-state index is 12.9. The molecule has 2 fully saturated rings. The number of amides is 1. The zero-order valence-corrected chi connectivity index (χ0v) is 18.7. The number of H-pyrrole nitrogens is 1. The van der Waals surface area contributed by atoms with Gasteiger partial charge in [0.2, 0.25) is 11.8 Å². The maximum atomic E-state index is 12.9. The zero-order chi connectivity index (χ0) is 22.5. The monoisotopic (exact) mass is 437 g/mol. The number of likely N-dealkylation sites (tertiary alicyclic amines) is 1. The van der Waals surface area contributed by atoms with Crippen molar-refractivity contribution >= 4 is 11.6 Å². The highest BCUT2D eigenvalue weighted by atomic mass is 16.5. The van der Waals surface area contributed by atoms with Gasteiger partial charge in [-0.25, -0.2) is 4.98 Å². The molecule has 0 unspecified atom stereocenters. The summed E-state index contributed by atoms with van der Waals surface area (Å²) in [7, 11) is 3.44. The number of hydrogen-bond acceptors (Lipinski definition) is 6. The van der Waals surface area contributed by atoms with Crippen LogP contribution in [0.3, 0.4) is 0 Å². The van der Waals surface area contributed by atoms with Crippen molar-refractivity contribution in [2.75, 3.05) is 45.2 Å². The van der Waals surface area contributed by atoms with Crippen molar-refractivity contribution in [1.29, 1.82) is 0 Å². The molecule has 0 aromatic carbocycles. The Morgan fingerprint density at radius 3 is 2.94 bits per heavy atom. The molecule has 2 N–H and O–H groups in total. The van der Waals surface area contributed by atoms with E-state index in [2.05, 4.69) is 20.2 Å². The van der Waals surface area contributed by atoms with Gasteiger partial charge in [0.1, 0.15) is 5.69 Å². The summed E-state index contributed by atoms with van der Waals surface area (Å²) in [5.41, 5.74) is 2.39. The second-order valence-corrected chi connectivity index (χ2v) is 8.47. The van der Waals surface area contributed by atoms with Gasteiger partial charge < -0.3 is 24.8 Å². The zero-order valence-electron chi connectivity index (χ0n) is 18.7. The molecule has 0 spiro atoms. The number of aromatic amines is 1. The van der Waals surface area contributed by atoms with Crippen molar-refractivity contribution in [1.82, 2.24) is 20.2 Å². The first kappa shape index (κ1) is 22.1. The highest BCUT2D eigenvalue weighted by Gasteiger charge is 2.34. The Labute approximate surface area is 188 Å². The van der Waals surface area contributed by atoms with E-state index >= 15 is 0 Å². The molecule has 0 radical (unpaired) electrons. The minimum atomic E-state index is -0.103. The van der Waals surface area contributed by atoms with E-state index in [4.69, 9.17) is 4.74 Å². The van der Waals surface area contributed by atoms with Crippen molar-refractivity contribution in [2.45, 2.75) is 25.3 Å². The third-order valence-corrected chi connectivity index (χ3v) is 6.12. The number of anilines is 1. The van der Waals surface area contributed by atoms with Crippen molar-refractivity contribution in [3.8, 4) is 17.0 Å². The number of rotatable bonds is 9. The molecule has 1 aliphatic heterocycles. The third-order valence-electron chi connectivity index (χ3n) is 6.12. The van der Waals surface area contributed by atoms with Gasteiger partial charge in [-0.2, -0.15) is 0 Å². The summed E-state index contributed by atoms with van der Waals surface area (Å²) in [6.45, 7) is 2.84. The standard InChI is InChI=1S/C24H31N5O3/c1-25-9-3-4-23(30)28-11-8-20(16-28)29(15-17-5-6-17)21-12-19(14-27-24(21)31)18-7-10-26-22(13-18)32-2/h3-4,7,10,12-14,17,20,25H,5-6,8-9,11,15-16H2,1-2H3,(H,27,31)/b4-3+/t20-/m0/s1. The van der Waals surface area contributed by atoms with Gasteiger partial charge in [-0.3, -0.25) is 9.59 Å². The van der Waals surface area contributed by atoms with Crippen LogP contribution in [0.15, 0.2) is 47.5 Å². The molecule has 32 heavy (non-hydrogen) atoms. The first-order valence-corrected chi connectivity index (χ1v) is 11.2. The van der Waals surface area contributed by atoms with Crippen LogP contribution in [0.1, 0.15) is 19.3 Å². The number of carbonyl (C=O) groups excluding carboxylic acids is 1. The first-order chi connectivity index (χ1) is 15.6.